The van der Waals surface area contributed by atoms with Crippen molar-refractivity contribution in [3.63, 3.8) is 0 Å². The number of nitrogens with zero attached hydrogens (tertiary/aromatic N) is 2. The predicted molar refractivity (Wildman–Crippen MR) is 90.8 cm³/mol. The summed E-state index contributed by atoms with van der Waals surface area (Å²) < 4.78 is 2.48. The van der Waals surface area contributed by atoms with Gasteiger partial charge >= 0.3 is 0 Å². The van der Waals surface area contributed by atoms with Crippen LogP contribution in [0, 0.1) is 5.92 Å². The molecule has 1 saturated heterocycles. The second-order valence-corrected chi connectivity index (χ2v) is 6.69. The molecule has 1 fully saturated rings. The number of hydroxylamine groups is 2. The van der Waals surface area contributed by atoms with Gasteiger partial charge in [0.25, 0.3) is 0 Å². The minimum absolute atomic E-state index is 0.260. The molecule has 23 heavy (non-hydrogen) atoms. The molecular formula is C20H20N2O. The summed E-state index contributed by atoms with van der Waals surface area (Å²) in [6, 6.07) is 22.3. The van der Waals surface area contributed by atoms with E-state index < -0.39 is 0 Å². The van der Waals surface area contributed by atoms with Gasteiger partial charge in [-0.15, -0.1) is 0 Å². The van der Waals surface area contributed by atoms with Crippen LogP contribution in [0.25, 0.3) is 10.9 Å². The third-order valence-corrected chi connectivity index (χ3v) is 5.38. The number of fused-ring (bicyclic) bond motifs is 5. The Morgan fingerprint density at radius 3 is 2.70 bits per heavy atom. The molecule has 3 heterocycles. The predicted octanol–water partition coefficient (Wildman–Crippen LogP) is 4.32. The highest BCUT2D eigenvalue weighted by atomic mass is 16.7. The number of aromatic nitrogens is 1. The van der Waals surface area contributed by atoms with Gasteiger partial charge in [-0.3, -0.25) is 4.84 Å². The number of rotatable bonds is 2. The zero-order chi connectivity index (χ0) is 15.4. The molecule has 0 unspecified atom stereocenters. The molecule has 5 rings (SSSR count). The molecule has 0 spiro atoms. The van der Waals surface area contributed by atoms with E-state index in [1.165, 1.54) is 22.2 Å². The third-order valence-electron chi connectivity index (χ3n) is 5.38. The van der Waals surface area contributed by atoms with E-state index in [-0.39, 0.29) is 6.04 Å². The van der Waals surface area contributed by atoms with Crippen molar-refractivity contribution in [2.24, 2.45) is 5.92 Å². The zero-order valence-electron chi connectivity index (χ0n) is 13.2. The molecular weight excluding hydrogens is 284 g/mol. The van der Waals surface area contributed by atoms with Crippen molar-refractivity contribution in [3.05, 3.63) is 71.9 Å². The van der Waals surface area contributed by atoms with Crippen molar-refractivity contribution in [3.8, 4) is 0 Å². The topological polar surface area (TPSA) is 17.4 Å². The summed E-state index contributed by atoms with van der Waals surface area (Å²) in [5.74, 6) is 0.556. The second-order valence-electron chi connectivity index (χ2n) is 6.69. The Morgan fingerprint density at radius 2 is 1.83 bits per heavy atom. The number of benzene rings is 2. The lowest BCUT2D eigenvalue weighted by Gasteiger charge is -2.28. The molecule has 3 aromatic rings. The Bertz CT molecular complexity index is 854. The lowest BCUT2D eigenvalue weighted by molar-refractivity contribution is -0.162. The van der Waals surface area contributed by atoms with Crippen molar-refractivity contribution in [2.75, 3.05) is 6.61 Å². The Hall–Kier alpha value is -2.10. The number of para-hydroxylation sites is 1. The molecule has 2 aromatic carbocycles. The minimum atomic E-state index is 0.260. The van der Waals surface area contributed by atoms with Crippen molar-refractivity contribution in [1.29, 1.82) is 0 Å². The molecule has 0 amide bonds. The molecule has 1 aromatic heterocycles. The quantitative estimate of drug-likeness (QED) is 0.701. The van der Waals surface area contributed by atoms with Crippen LogP contribution >= 0.6 is 0 Å². The van der Waals surface area contributed by atoms with E-state index in [2.05, 4.69) is 77.2 Å². The van der Waals surface area contributed by atoms with Gasteiger partial charge in [0.05, 0.1) is 18.7 Å². The van der Waals surface area contributed by atoms with E-state index in [0.29, 0.717) is 12.0 Å². The lowest BCUT2D eigenvalue weighted by Crippen LogP contribution is -2.26. The summed E-state index contributed by atoms with van der Waals surface area (Å²) in [6.45, 7) is 4.12. The normalized spacial score (nSPS) is 24.7. The summed E-state index contributed by atoms with van der Waals surface area (Å²) in [6.07, 6.45) is 0. The van der Waals surface area contributed by atoms with Crippen molar-refractivity contribution in [2.45, 2.75) is 25.6 Å². The minimum Gasteiger partial charge on any atom is -0.343 e. The monoisotopic (exact) mass is 304 g/mol. The van der Waals surface area contributed by atoms with Gasteiger partial charge in [-0.25, -0.2) is 0 Å². The molecule has 2 aliphatic rings. The maximum absolute atomic E-state index is 6.11. The lowest BCUT2D eigenvalue weighted by atomic mass is 9.99. The molecule has 0 radical (unpaired) electrons. The standard InChI is InChI=1S/C20H20N2O/c1-14(15-7-3-2-4-8-15)22-20-17(13-23-22)12-21-18-10-6-5-9-16(18)11-19(20)21/h2-11,14,17,20H,12-13H2,1H3/t14-,17+,20-/m1/s1. The highest BCUT2D eigenvalue weighted by Gasteiger charge is 2.45. The second kappa shape index (κ2) is 4.95. The molecule has 0 saturated carbocycles. The summed E-state index contributed by atoms with van der Waals surface area (Å²) in [7, 11) is 0. The maximum Gasteiger partial charge on any atom is 0.0828 e. The number of hydrogen-bond donors (Lipinski definition) is 0. The highest BCUT2D eigenvalue weighted by Crippen LogP contribution is 2.47. The highest BCUT2D eigenvalue weighted by molar-refractivity contribution is 5.81. The fourth-order valence-electron chi connectivity index (χ4n) is 4.23. The molecule has 3 heteroatoms. The van der Waals surface area contributed by atoms with Gasteiger partial charge in [0.1, 0.15) is 0 Å². The van der Waals surface area contributed by atoms with Crippen LogP contribution < -0.4 is 0 Å². The van der Waals surface area contributed by atoms with E-state index in [1.54, 1.807) is 0 Å². The van der Waals surface area contributed by atoms with Crippen LogP contribution in [-0.4, -0.2) is 16.2 Å². The van der Waals surface area contributed by atoms with Gasteiger partial charge in [-0.2, -0.15) is 5.06 Å². The van der Waals surface area contributed by atoms with Crippen molar-refractivity contribution < 1.29 is 4.84 Å². The Labute approximate surface area is 136 Å². The first-order valence-corrected chi connectivity index (χ1v) is 8.37. The van der Waals surface area contributed by atoms with Gasteiger partial charge < -0.3 is 4.57 Å². The van der Waals surface area contributed by atoms with Gasteiger partial charge in [0, 0.05) is 23.7 Å². The summed E-state index contributed by atoms with van der Waals surface area (Å²) >= 11 is 0. The van der Waals surface area contributed by atoms with E-state index in [9.17, 15) is 0 Å². The van der Waals surface area contributed by atoms with Crippen LogP contribution in [0.4, 0.5) is 0 Å². The van der Waals surface area contributed by atoms with Crippen LogP contribution in [0.5, 0.6) is 0 Å². The molecule has 0 bridgehead atoms. The zero-order valence-corrected chi connectivity index (χ0v) is 13.2. The van der Waals surface area contributed by atoms with Crippen LogP contribution in [0.15, 0.2) is 60.7 Å². The average molecular weight is 304 g/mol. The van der Waals surface area contributed by atoms with Crippen LogP contribution in [-0.2, 0) is 11.4 Å². The fraction of sp³-hybridized carbons (Fsp3) is 0.300. The van der Waals surface area contributed by atoms with Gasteiger partial charge in [0.15, 0.2) is 0 Å². The Morgan fingerprint density at radius 1 is 1.04 bits per heavy atom. The SMILES string of the molecule is C[C@H](c1ccccc1)N1OC[C@@H]2Cn3c(cc4ccccc43)[C@@H]21. The first kappa shape index (κ1) is 13.3. The van der Waals surface area contributed by atoms with E-state index in [1.807, 2.05) is 0 Å². The molecule has 3 nitrogen and oxygen atoms in total. The molecule has 3 atom stereocenters. The van der Waals surface area contributed by atoms with Crippen LogP contribution in [0.3, 0.4) is 0 Å². The van der Waals surface area contributed by atoms with Gasteiger partial charge in [-0.1, -0.05) is 48.5 Å². The van der Waals surface area contributed by atoms with Crippen LogP contribution in [0.1, 0.15) is 30.3 Å². The molecule has 2 aliphatic heterocycles. The average Bonchev–Trinajstić information content (AvgIpc) is 3.25. The number of hydrogen-bond acceptors (Lipinski definition) is 2. The van der Waals surface area contributed by atoms with E-state index in [0.717, 1.165) is 13.2 Å². The summed E-state index contributed by atoms with van der Waals surface area (Å²) in [4.78, 5) is 6.11. The fourth-order valence-corrected chi connectivity index (χ4v) is 4.23. The molecule has 116 valence electrons. The first-order chi connectivity index (χ1) is 11.3. The van der Waals surface area contributed by atoms with Crippen molar-refractivity contribution >= 4 is 10.9 Å². The Kier molecular flexibility index (Phi) is 2.87. The summed E-state index contributed by atoms with van der Waals surface area (Å²) in [5, 5.41) is 3.55. The molecule has 0 aliphatic carbocycles. The van der Waals surface area contributed by atoms with Crippen LogP contribution in [0.2, 0.25) is 0 Å². The van der Waals surface area contributed by atoms with Crippen molar-refractivity contribution in [1.82, 2.24) is 9.63 Å². The largest absolute Gasteiger partial charge is 0.343 e. The third kappa shape index (κ3) is 1.90. The smallest absolute Gasteiger partial charge is 0.0828 e. The van der Waals surface area contributed by atoms with Gasteiger partial charge in [0.2, 0.25) is 0 Å². The summed E-state index contributed by atoms with van der Waals surface area (Å²) in [5.41, 5.74) is 4.06. The Balaban J connectivity index is 1.56. The van der Waals surface area contributed by atoms with E-state index >= 15 is 0 Å². The first-order valence-electron chi connectivity index (χ1n) is 8.37. The van der Waals surface area contributed by atoms with E-state index in [4.69, 9.17) is 4.84 Å². The van der Waals surface area contributed by atoms with Gasteiger partial charge in [-0.05, 0) is 30.0 Å². The molecule has 0 N–H and O–H groups in total. The maximum atomic E-state index is 6.11.